The second-order valence-corrected chi connectivity index (χ2v) is 61.8. The summed E-state index contributed by atoms with van der Waals surface area (Å²) in [5, 5.41) is 22.4. The Balaban J connectivity index is -0.000000144. The fourth-order valence-corrected chi connectivity index (χ4v) is 14.4. The summed E-state index contributed by atoms with van der Waals surface area (Å²) in [5.41, 5.74) is 22.3. The third-order valence-electron chi connectivity index (χ3n) is 22.5. The molecule has 0 aromatic heterocycles. The minimum absolute atomic E-state index is 0. The Hall–Kier alpha value is -5.99. The average molecular weight is 2070 g/mol. The van der Waals surface area contributed by atoms with E-state index < -0.39 is 120 Å². The number of carbonyl (C=O) groups is 11. The highest BCUT2D eigenvalue weighted by atomic mass is 28.4. The van der Waals surface area contributed by atoms with Gasteiger partial charge in [0.15, 0.2) is 41.6 Å². The van der Waals surface area contributed by atoms with Crippen LogP contribution in [0.5, 0.6) is 0 Å². The van der Waals surface area contributed by atoms with Crippen LogP contribution >= 0.6 is 0 Å². The van der Waals surface area contributed by atoms with Crippen LogP contribution < -0.4 is 65.5 Å². The molecule has 16 N–H and O–H groups in total. The van der Waals surface area contributed by atoms with E-state index in [1.54, 1.807) is 0 Å². The molecule has 4 atom stereocenters. The average Bonchev–Trinajstić information content (AvgIpc) is 1.79. The number of hydrogen-bond acceptors (Lipinski definition) is 28. The van der Waals surface area contributed by atoms with E-state index in [2.05, 4.69) is 217 Å². The van der Waals surface area contributed by atoms with E-state index in [-0.39, 0.29) is 246 Å². The Morgan fingerprint density at radius 1 is 0.299 bits per heavy atom. The Morgan fingerprint density at radius 2 is 0.526 bits per heavy atom. The van der Waals surface area contributed by atoms with Crippen LogP contribution in [-0.2, 0) is 88.9 Å². The first-order valence-corrected chi connectivity index (χ1v) is 58.1. The first-order valence-electron chi connectivity index (χ1n) is 43.6. The first kappa shape index (κ1) is 167. The van der Waals surface area contributed by atoms with Crippen LogP contribution in [0.3, 0.4) is 0 Å². The molecule has 42 heteroatoms. The summed E-state index contributed by atoms with van der Waals surface area (Å²) >= 11 is 0. The minimum Gasteiger partial charge on any atom is -0.447 e. The number of nitrogens with two attached hydrogens (primary N) is 4. The zero-order chi connectivity index (χ0) is 94.5. The van der Waals surface area contributed by atoms with Crippen molar-refractivity contribution < 1.29 is 113 Å². The number of nitrogens with one attached hydrogen (secondary N) is 8. The molecule has 10 amide bonds. The van der Waals surface area contributed by atoms with Crippen molar-refractivity contribution >= 4 is 108 Å². The van der Waals surface area contributed by atoms with E-state index in [9.17, 15) is 52.7 Å². The molecular weight excluding hydrogens is 1850 g/mol. The molecule has 137 heavy (non-hydrogen) atoms. The summed E-state index contributed by atoms with van der Waals surface area (Å²) < 4.78 is 67.4. The molecule has 0 aliphatic carbocycles. The summed E-state index contributed by atoms with van der Waals surface area (Å²) in [4.78, 5) is 139. The molecule has 1 aliphatic rings. The molecule has 1 aliphatic heterocycles. The molecular formula is C95H223N13O24Si5. The van der Waals surface area contributed by atoms with E-state index in [1.807, 2.05) is 0 Å². The summed E-state index contributed by atoms with van der Waals surface area (Å²) in [5.74, 6) is -2.33. The van der Waals surface area contributed by atoms with Gasteiger partial charge in [-0.1, -0.05) is 226 Å². The van der Waals surface area contributed by atoms with Crippen molar-refractivity contribution in [3.05, 3.63) is 0 Å². The van der Waals surface area contributed by atoms with Crippen molar-refractivity contribution in [1.82, 2.24) is 47.6 Å². The van der Waals surface area contributed by atoms with Crippen LogP contribution in [0.4, 0.5) is 24.0 Å². The largest absolute Gasteiger partial charge is 0.534 e. The monoisotopic (exact) mass is 2070 g/mol. The highest BCUT2D eigenvalue weighted by Crippen LogP contribution is 2.40. The van der Waals surface area contributed by atoms with Crippen molar-refractivity contribution in [2.75, 3.05) is 145 Å². The van der Waals surface area contributed by atoms with Crippen LogP contribution in [0.2, 0.25) is 90.7 Å². The lowest BCUT2D eigenvalue weighted by Gasteiger charge is -2.36. The summed E-state index contributed by atoms with van der Waals surface area (Å²) in [6, 6.07) is -2.89. The van der Waals surface area contributed by atoms with Gasteiger partial charge in [0.2, 0.25) is 23.6 Å². The van der Waals surface area contributed by atoms with Gasteiger partial charge in [-0.15, -0.1) is 0 Å². The maximum Gasteiger partial charge on any atom is 0.534 e. The Morgan fingerprint density at radius 3 is 0.766 bits per heavy atom. The molecule has 832 valence electrons. The maximum atomic E-state index is 13.4. The van der Waals surface area contributed by atoms with Crippen LogP contribution in [0.15, 0.2) is 0 Å². The summed E-state index contributed by atoms with van der Waals surface area (Å²) in [6.07, 6.45) is 3.58. The Kier molecular flexibility index (Phi) is 105. The Labute approximate surface area is 843 Å². The zero-order valence-electron chi connectivity index (χ0n) is 79.8. The number of ether oxygens (including phenoxy) is 7. The molecule has 1 heterocycles. The van der Waals surface area contributed by atoms with Crippen molar-refractivity contribution in [3.63, 3.8) is 0 Å². The molecule has 0 spiro atoms. The predicted molar refractivity (Wildman–Crippen MR) is 582 cm³/mol. The van der Waals surface area contributed by atoms with Crippen molar-refractivity contribution in [2.45, 2.75) is 413 Å². The smallest absolute Gasteiger partial charge is 0.447 e. The zero-order valence-corrected chi connectivity index (χ0v) is 84.8. The van der Waals surface area contributed by atoms with Gasteiger partial charge in [0.05, 0.1) is 71.5 Å². The number of carbonyl (C=O) groups excluding carboxylic acids is 11. The third kappa shape index (κ3) is 77.3. The maximum absolute atomic E-state index is 13.4. The van der Waals surface area contributed by atoms with Gasteiger partial charge in [0, 0.05) is 52.1 Å². The molecule has 4 unspecified atom stereocenters. The number of rotatable bonds is 57. The van der Waals surface area contributed by atoms with E-state index in [0.29, 0.717) is 109 Å². The lowest BCUT2D eigenvalue weighted by molar-refractivity contribution is -0.177. The van der Waals surface area contributed by atoms with Gasteiger partial charge in [0.1, 0.15) is 45.1 Å². The molecule has 0 aromatic carbocycles. The lowest BCUT2D eigenvalue weighted by Crippen LogP contribution is -2.48. The second kappa shape index (κ2) is 85.6. The Bertz CT molecular complexity index is 2920. The van der Waals surface area contributed by atoms with Crippen LogP contribution in [0.25, 0.3) is 0 Å². The minimum atomic E-state index is -2.05. The van der Waals surface area contributed by atoms with E-state index in [1.165, 1.54) is 0 Å². The number of nitrogens with zero attached hydrogens (tertiary/aromatic N) is 1. The van der Waals surface area contributed by atoms with Gasteiger partial charge in [0.25, 0.3) is 11.8 Å². The molecule has 0 aromatic rings. The van der Waals surface area contributed by atoms with Gasteiger partial charge in [-0.05, 0) is 168 Å². The molecule has 0 radical (unpaired) electrons. The SMILES string of the molecule is C.C.C.C.C.C.C.C.C.C.C.C.C.C.CC(C)(C)[Si](C)(C)OCCOC(=O)NCCCCC(NC(=O)OCCO[Si](C)(C)C(C)(C)C)C(=O)NCCOCCNC(=O)C(CCCCNC(=O)OCCO[Si](C)(C)C(C)(C)C)NC(=O)OCCO[Si](C)(C)C(C)(C)C.CC(C)(C)[Si](C)(C)OCCOC(=O)ON1C(=O)CCC1=O.NCCCCC(N)C(=O)NCCOCCNC(=O)C(N)CCCCN. The van der Waals surface area contributed by atoms with E-state index in [4.69, 9.17) is 78.2 Å². The number of hydrogen-bond donors (Lipinski definition) is 12. The molecule has 1 fully saturated rings. The van der Waals surface area contributed by atoms with Crippen molar-refractivity contribution in [3.8, 4) is 0 Å². The first-order chi connectivity index (χ1) is 56.8. The van der Waals surface area contributed by atoms with Gasteiger partial charge in [-0.25, -0.2) is 24.0 Å². The van der Waals surface area contributed by atoms with Crippen molar-refractivity contribution in [1.29, 1.82) is 0 Å². The van der Waals surface area contributed by atoms with Gasteiger partial charge < -0.3 is 121 Å². The third-order valence-corrected chi connectivity index (χ3v) is 45.2. The normalized spacial score (nSPS) is 12.6. The van der Waals surface area contributed by atoms with Crippen molar-refractivity contribution in [2.24, 2.45) is 22.9 Å². The highest BCUT2D eigenvalue weighted by Gasteiger charge is 2.42. The standard InChI is InChI=1S/C52H108N6O15Si4.C16H36N6O3.C13H23NO6Si.14CH4/c1-49(2,3)74(13,14)70-37-33-66-45(61)55-27-23-21-25-41(57-47(63)68-35-39-72-76(17,18)51(7,8)9)43(59)53-29-31-65-32-30-54-44(60)42(58-48(64)69-36-40-73-77(19,20)52(10,11)12)26-22-24-28-56-46(62)67-34-38-71-75(15,16)50(4,5)6;17-7-3-1-5-13(19)15(23)21-9-11-25-12-10-22-16(24)14(20)6-2-4-8-18;1-13(2,3)21(4,5)19-9-8-18-12(17)20-14-10(15)6-7-11(14)16;;;;;;;;;;;;;;/h41-42H,21-40H2,1-20H3,(H,53,59)(H,54,60)(H,55,61)(H,56,62)(H,57,63)(H,58,64);13-14H,1-12,17-20H2,(H,21,23)(H,22,24);6-9H2,1-5H3;14*1H4. The number of unbranched alkanes of at least 4 members (excludes halogenated alkanes) is 4. The quantitative estimate of drug-likeness (QED) is 0.00884. The van der Waals surface area contributed by atoms with Crippen LogP contribution in [0.1, 0.15) is 298 Å². The molecule has 0 bridgehead atoms. The van der Waals surface area contributed by atoms with Crippen LogP contribution in [0, 0.1) is 0 Å². The topological polar surface area (TPSA) is 511 Å². The molecule has 37 nitrogen and oxygen atoms in total. The molecule has 1 saturated heterocycles. The number of amides is 10. The number of alkyl carbamates (subject to hydrolysis) is 4. The number of hydroxylamine groups is 2. The van der Waals surface area contributed by atoms with E-state index in [0.717, 1.165) is 25.7 Å². The van der Waals surface area contributed by atoms with E-state index >= 15 is 0 Å². The lowest BCUT2D eigenvalue weighted by atomic mass is 10.1. The van der Waals surface area contributed by atoms with Gasteiger partial charge in [-0.2, -0.15) is 0 Å². The molecule has 0 saturated carbocycles. The van der Waals surface area contributed by atoms with Gasteiger partial charge >= 0.3 is 30.5 Å². The van der Waals surface area contributed by atoms with Gasteiger partial charge in [-0.3, -0.25) is 33.6 Å². The van der Waals surface area contributed by atoms with Crippen LogP contribution in [-0.4, -0.2) is 282 Å². The molecule has 1 rings (SSSR count). The highest BCUT2D eigenvalue weighted by molar-refractivity contribution is 6.75. The predicted octanol–water partition coefficient (Wildman–Crippen LogP) is 18.6. The fourth-order valence-electron chi connectivity index (χ4n) is 9.30. The number of imide groups is 1. The second-order valence-electron chi connectivity index (χ2n) is 37.8. The summed E-state index contributed by atoms with van der Waals surface area (Å²) in [6.45, 7) is 58.4. The summed E-state index contributed by atoms with van der Waals surface area (Å²) in [7, 11) is -9.92. The fraction of sp³-hybridized carbons (Fsp3) is 0.884.